The van der Waals surface area contributed by atoms with Crippen molar-refractivity contribution in [2.75, 3.05) is 26.4 Å². The molecule has 6 heteroatoms. The molecule has 22 heavy (non-hydrogen) atoms. The smallest absolute Gasteiger partial charge is 0.338 e. The van der Waals surface area contributed by atoms with Gasteiger partial charge in [-0.3, -0.25) is 0 Å². The summed E-state index contributed by atoms with van der Waals surface area (Å²) in [5.74, 6) is -0.852. The molecule has 2 aliphatic rings. The number of hydrogen-bond donors (Lipinski definition) is 0. The van der Waals surface area contributed by atoms with Crippen LogP contribution in [-0.2, 0) is 18.9 Å². The molecule has 0 N–H and O–H groups in total. The van der Waals surface area contributed by atoms with E-state index in [0.717, 1.165) is 0 Å². The number of ether oxygens (including phenoxy) is 4. The van der Waals surface area contributed by atoms with Crippen molar-refractivity contribution < 1.29 is 28.5 Å². The highest BCUT2D eigenvalue weighted by atomic mass is 16.6. The van der Waals surface area contributed by atoms with Gasteiger partial charge in [0.25, 0.3) is 0 Å². The maximum absolute atomic E-state index is 12.0. The molecule has 1 aromatic carbocycles. The lowest BCUT2D eigenvalue weighted by atomic mass is 10.0. The normalized spacial score (nSPS) is 21.2. The van der Waals surface area contributed by atoms with Crippen molar-refractivity contribution in [3.05, 3.63) is 35.4 Å². The Morgan fingerprint density at radius 2 is 1.14 bits per heavy atom. The minimum absolute atomic E-state index is 0.392. The van der Waals surface area contributed by atoms with Crippen molar-refractivity contribution in [1.29, 1.82) is 0 Å². The van der Waals surface area contributed by atoms with Gasteiger partial charge < -0.3 is 18.9 Å². The van der Waals surface area contributed by atoms with Gasteiger partial charge in [0.2, 0.25) is 0 Å². The first-order valence-corrected chi connectivity index (χ1v) is 7.12. The molecule has 1 aromatic rings. The molecular formula is C16H18O6. The van der Waals surface area contributed by atoms with Crippen LogP contribution in [0.25, 0.3) is 0 Å². The summed E-state index contributed by atoms with van der Waals surface area (Å²) >= 11 is 0. The predicted octanol–water partition coefficient (Wildman–Crippen LogP) is 1.58. The fraction of sp³-hybridized carbons (Fsp3) is 0.500. The zero-order chi connectivity index (χ0) is 15.8. The summed E-state index contributed by atoms with van der Waals surface area (Å²) in [6, 6.07) is 6.23. The molecule has 0 radical (unpaired) electrons. The van der Waals surface area contributed by atoms with E-state index in [1.165, 1.54) is 0 Å². The second-order valence-electron chi connectivity index (χ2n) is 6.24. The van der Waals surface area contributed by atoms with Crippen LogP contribution in [0.1, 0.15) is 34.6 Å². The topological polar surface area (TPSA) is 71.1 Å². The van der Waals surface area contributed by atoms with Gasteiger partial charge in [-0.25, -0.2) is 9.59 Å². The van der Waals surface area contributed by atoms with E-state index in [9.17, 15) is 9.59 Å². The van der Waals surface area contributed by atoms with Crippen LogP contribution in [0.5, 0.6) is 0 Å². The lowest BCUT2D eigenvalue weighted by Crippen LogP contribution is -2.50. The van der Waals surface area contributed by atoms with E-state index in [1.807, 2.05) is 13.8 Å². The van der Waals surface area contributed by atoms with Gasteiger partial charge in [0.1, 0.15) is 0 Å². The van der Waals surface area contributed by atoms with E-state index in [2.05, 4.69) is 0 Å². The van der Waals surface area contributed by atoms with Crippen molar-refractivity contribution in [2.24, 2.45) is 0 Å². The fourth-order valence-corrected chi connectivity index (χ4v) is 2.20. The average Bonchev–Trinajstić information content (AvgIpc) is 2.44. The molecule has 2 fully saturated rings. The standard InChI is InChI=1S/C16H18O6/c1-15(7-19-8-15)21-13(17)11-3-5-12(6-4-11)14(18)22-16(2)9-20-10-16/h3-6H,7-10H2,1-2H3. The highest BCUT2D eigenvalue weighted by molar-refractivity contribution is 5.93. The van der Waals surface area contributed by atoms with Gasteiger partial charge in [0, 0.05) is 0 Å². The van der Waals surface area contributed by atoms with Crippen molar-refractivity contribution >= 4 is 11.9 Å². The van der Waals surface area contributed by atoms with E-state index in [0.29, 0.717) is 37.6 Å². The van der Waals surface area contributed by atoms with Gasteiger partial charge in [0.05, 0.1) is 37.6 Å². The van der Waals surface area contributed by atoms with Crippen LogP contribution in [0.2, 0.25) is 0 Å². The molecule has 0 unspecified atom stereocenters. The largest absolute Gasteiger partial charge is 0.451 e. The summed E-state index contributed by atoms with van der Waals surface area (Å²) < 4.78 is 20.8. The third-order valence-electron chi connectivity index (χ3n) is 3.66. The predicted molar refractivity (Wildman–Crippen MR) is 75.7 cm³/mol. The molecule has 6 nitrogen and oxygen atoms in total. The van der Waals surface area contributed by atoms with Gasteiger partial charge in [-0.05, 0) is 38.1 Å². The summed E-state index contributed by atoms with van der Waals surface area (Å²) in [6.45, 7) is 5.27. The van der Waals surface area contributed by atoms with E-state index < -0.39 is 23.1 Å². The number of esters is 2. The van der Waals surface area contributed by atoms with Crippen molar-refractivity contribution in [1.82, 2.24) is 0 Å². The number of benzene rings is 1. The van der Waals surface area contributed by atoms with Crippen LogP contribution in [0.3, 0.4) is 0 Å². The maximum Gasteiger partial charge on any atom is 0.338 e. The highest BCUT2D eigenvalue weighted by Crippen LogP contribution is 2.24. The highest BCUT2D eigenvalue weighted by Gasteiger charge is 2.38. The molecule has 2 aliphatic heterocycles. The quantitative estimate of drug-likeness (QED) is 0.787. The van der Waals surface area contributed by atoms with E-state index >= 15 is 0 Å². The molecule has 3 rings (SSSR count). The number of carbonyl (C=O) groups excluding carboxylic acids is 2. The molecule has 0 bridgehead atoms. The van der Waals surface area contributed by atoms with E-state index in [-0.39, 0.29) is 0 Å². The second kappa shape index (κ2) is 5.37. The average molecular weight is 306 g/mol. The minimum atomic E-state index is -0.548. The Labute approximate surface area is 128 Å². The first kappa shape index (κ1) is 15.0. The molecule has 2 heterocycles. The van der Waals surface area contributed by atoms with Gasteiger partial charge in [-0.1, -0.05) is 0 Å². The summed E-state index contributed by atoms with van der Waals surface area (Å²) in [7, 11) is 0. The Morgan fingerprint density at radius 1 is 0.818 bits per heavy atom. The van der Waals surface area contributed by atoms with Crippen molar-refractivity contribution in [2.45, 2.75) is 25.0 Å². The lowest BCUT2D eigenvalue weighted by molar-refractivity contribution is -0.169. The zero-order valence-corrected chi connectivity index (χ0v) is 12.6. The first-order valence-electron chi connectivity index (χ1n) is 7.12. The maximum atomic E-state index is 12.0. The molecule has 118 valence electrons. The summed E-state index contributed by atoms with van der Waals surface area (Å²) in [6.07, 6.45) is 0. The van der Waals surface area contributed by atoms with Crippen LogP contribution in [0.15, 0.2) is 24.3 Å². The van der Waals surface area contributed by atoms with Gasteiger partial charge in [-0.2, -0.15) is 0 Å². The Balaban J connectivity index is 1.62. The molecule has 0 aliphatic carbocycles. The SMILES string of the molecule is CC1(OC(=O)c2ccc(C(=O)OC3(C)COC3)cc2)COC1. The Morgan fingerprint density at radius 3 is 1.36 bits per heavy atom. The second-order valence-corrected chi connectivity index (χ2v) is 6.24. The van der Waals surface area contributed by atoms with Gasteiger partial charge in [-0.15, -0.1) is 0 Å². The molecule has 2 saturated heterocycles. The number of hydrogen-bond acceptors (Lipinski definition) is 6. The van der Waals surface area contributed by atoms with Gasteiger partial charge >= 0.3 is 11.9 Å². The number of carbonyl (C=O) groups is 2. The summed E-state index contributed by atoms with van der Waals surface area (Å²) in [5.41, 5.74) is -0.313. The van der Waals surface area contributed by atoms with Crippen LogP contribution in [0.4, 0.5) is 0 Å². The summed E-state index contributed by atoms with van der Waals surface area (Å²) in [4.78, 5) is 24.0. The molecule has 0 atom stereocenters. The number of rotatable bonds is 4. The Bertz CT molecular complexity index is 530. The molecule has 0 saturated carbocycles. The molecular weight excluding hydrogens is 288 g/mol. The Hall–Kier alpha value is -1.92. The minimum Gasteiger partial charge on any atom is -0.451 e. The monoisotopic (exact) mass is 306 g/mol. The van der Waals surface area contributed by atoms with Crippen LogP contribution in [-0.4, -0.2) is 49.6 Å². The third kappa shape index (κ3) is 2.98. The zero-order valence-electron chi connectivity index (χ0n) is 12.6. The summed E-state index contributed by atoms with van der Waals surface area (Å²) in [5, 5.41) is 0. The Kier molecular flexibility index (Phi) is 3.66. The fourth-order valence-electron chi connectivity index (χ4n) is 2.20. The van der Waals surface area contributed by atoms with Crippen LogP contribution in [0, 0.1) is 0 Å². The van der Waals surface area contributed by atoms with E-state index in [1.54, 1.807) is 24.3 Å². The molecule has 0 spiro atoms. The first-order chi connectivity index (χ1) is 10.4. The molecule has 0 aromatic heterocycles. The van der Waals surface area contributed by atoms with Crippen LogP contribution < -0.4 is 0 Å². The molecule has 0 amide bonds. The van der Waals surface area contributed by atoms with Crippen molar-refractivity contribution in [3.8, 4) is 0 Å². The lowest BCUT2D eigenvalue weighted by Gasteiger charge is -2.37. The third-order valence-corrected chi connectivity index (χ3v) is 3.66. The van der Waals surface area contributed by atoms with Gasteiger partial charge in [0.15, 0.2) is 11.2 Å². The van der Waals surface area contributed by atoms with Crippen molar-refractivity contribution in [3.63, 3.8) is 0 Å². The van der Waals surface area contributed by atoms with E-state index in [4.69, 9.17) is 18.9 Å². The van der Waals surface area contributed by atoms with Crippen LogP contribution >= 0.6 is 0 Å².